The van der Waals surface area contributed by atoms with Crippen molar-refractivity contribution in [3.63, 3.8) is 0 Å². The Hall–Kier alpha value is 3.31. The fourth-order valence-corrected chi connectivity index (χ4v) is 7.31. The first-order chi connectivity index (χ1) is 19.3. The predicted molar refractivity (Wildman–Crippen MR) is 262 cm³/mol. The number of rotatable bonds is 2. The van der Waals surface area contributed by atoms with Gasteiger partial charge >= 0.3 is 52.4 Å². The maximum absolute atomic E-state index is 4.51. The zero-order valence-electron chi connectivity index (χ0n) is 38.6. The van der Waals surface area contributed by atoms with Gasteiger partial charge in [-0.1, -0.05) is 131 Å². The summed E-state index contributed by atoms with van der Waals surface area (Å²) in [5.41, 5.74) is 1.94. The Balaban J connectivity index is -0.0000000472. The Morgan fingerprint density at radius 3 is 0.600 bits per heavy atom. The third-order valence-electron chi connectivity index (χ3n) is 5.47. The summed E-state index contributed by atoms with van der Waals surface area (Å²) in [5.74, 6) is 0. The summed E-state index contributed by atoms with van der Waals surface area (Å²) in [6, 6.07) is 0. The first-order valence-corrected chi connectivity index (χ1v) is 41.4. The fourth-order valence-electron chi connectivity index (χ4n) is 3.40. The molecule has 305 valence electrons. The van der Waals surface area contributed by atoms with Crippen molar-refractivity contribution >= 4 is 54.5 Å². The van der Waals surface area contributed by atoms with Crippen LogP contribution in [0.3, 0.4) is 0 Å². The first kappa shape index (κ1) is 77.8. The molecule has 0 amide bonds. The molecule has 2 aliphatic rings. The summed E-state index contributed by atoms with van der Waals surface area (Å²) in [7, 11) is -2.01. The van der Waals surface area contributed by atoms with E-state index in [0.29, 0.717) is 0 Å². The molecule has 2 fully saturated rings. The van der Waals surface area contributed by atoms with Crippen LogP contribution in [0.2, 0.25) is 98.2 Å². The van der Waals surface area contributed by atoms with Crippen molar-refractivity contribution in [1.82, 2.24) is 0 Å². The van der Waals surface area contributed by atoms with Gasteiger partial charge in [0.1, 0.15) is 0 Å². The van der Waals surface area contributed by atoms with Crippen molar-refractivity contribution in [2.24, 2.45) is 9.49 Å². The summed E-state index contributed by atoms with van der Waals surface area (Å²) < 4.78 is 9.03. The average molecular weight is 983 g/mol. The Morgan fingerprint density at radius 2 is 0.520 bits per heavy atom. The van der Waals surface area contributed by atoms with E-state index in [1.165, 1.54) is 51.4 Å². The number of nitrogens with zero attached hydrogens (tertiary/aromatic N) is 2. The molecule has 2 aliphatic carbocycles. The molecule has 0 aromatic heterocycles. The third-order valence-corrected chi connectivity index (χ3v) is 12.1. The van der Waals surface area contributed by atoms with Gasteiger partial charge in [0.2, 0.25) is 0 Å². The van der Waals surface area contributed by atoms with E-state index in [9.17, 15) is 0 Å². The summed E-state index contributed by atoms with van der Waals surface area (Å²) in [6.45, 7) is 62.2. The summed E-state index contributed by atoms with van der Waals surface area (Å²) in [5, 5.41) is 0. The molecule has 2 nitrogen and oxygen atoms in total. The van der Waals surface area contributed by atoms with E-state index in [0.717, 1.165) is 11.3 Å². The number of hydrogen-bond donors (Lipinski definition) is 0. The smallest absolute Gasteiger partial charge is 0.358 e. The molecule has 1 radical (unpaired) electrons. The molecule has 0 bridgehead atoms. The zero-order valence-corrected chi connectivity index (χ0v) is 50.3. The van der Waals surface area contributed by atoms with Gasteiger partial charge in [0.25, 0.3) is 0 Å². The fraction of sp³-hybridized carbons (Fsp3) is 0.821. The van der Waals surface area contributed by atoms with Crippen LogP contribution in [0.4, 0.5) is 0 Å². The van der Waals surface area contributed by atoms with Crippen molar-refractivity contribution in [2.45, 2.75) is 168 Å². The second-order valence-corrected chi connectivity index (χ2v) is 53.8. The second kappa shape index (κ2) is 36.6. The summed E-state index contributed by atoms with van der Waals surface area (Å²) >= 11 is 0. The monoisotopic (exact) mass is 979 g/mol. The predicted octanol–water partition coefficient (Wildman–Crippen LogP) is 16.1. The van der Waals surface area contributed by atoms with Crippen LogP contribution in [-0.4, -0.2) is 92.4 Å². The molecule has 0 N–H and O–H groups in total. The average Bonchev–Trinajstić information content (AvgIpc) is 3.43. The quantitative estimate of drug-likeness (QED) is 0.150. The standard InChI is InChI=1S/2C8H18NP.5C4H11Si.CH4.2CH3.2Zr/c2*1-9-10(2,3)8-6-4-5-7-8;5*1-5(2,3)4;;;;;/h2*8H,4-7H2,1-3H3;5*1H2,2-4H3;1H4;2*1H3;;/q;;5*-1;;2*-1;+3;+4. The molecule has 0 aliphatic heterocycles. The van der Waals surface area contributed by atoms with Gasteiger partial charge in [-0.05, 0) is 77.8 Å². The normalized spacial score (nSPS) is 14.6. The van der Waals surface area contributed by atoms with Crippen LogP contribution >= 0.6 is 14.1 Å². The van der Waals surface area contributed by atoms with Crippen molar-refractivity contribution in [2.75, 3.05) is 40.8 Å². The molecular formula is C39H101N2P2Si5Zr2. The van der Waals surface area contributed by atoms with E-state index in [4.69, 9.17) is 0 Å². The van der Waals surface area contributed by atoms with Gasteiger partial charge in [-0.3, -0.25) is 0 Å². The maximum Gasteiger partial charge on any atom is 4.00 e. The van der Waals surface area contributed by atoms with Crippen molar-refractivity contribution < 1.29 is 52.4 Å². The van der Waals surface area contributed by atoms with Crippen LogP contribution < -0.4 is 0 Å². The van der Waals surface area contributed by atoms with Gasteiger partial charge in [-0.25, -0.2) is 0 Å². The Kier molecular flexibility index (Phi) is 57.0. The van der Waals surface area contributed by atoms with Crippen LogP contribution in [0, 0.1) is 47.6 Å². The van der Waals surface area contributed by atoms with Crippen LogP contribution in [0.5, 0.6) is 0 Å². The molecule has 0 aromatic rings. The topological polar surface area (TPSA) is 24.7 Å². The van der Waals surface area contributed by atoms with E-state index in [2.05, 4.69) is 167 Å². The second-order valence-electron chi connectivity index (χ2n) is 20.0. The molecule has 0 unspecified atom stereocenters. The molecule has 0 saturated heterocycles. The molecule has 0 aromatic carbocycles. The molecule has 11 heteroatoms. The first-order valence-electron chi connectivity index (χ1n) is 17.5. The maximum atomic E-state index is 4.51. The van der Waals surface area contributed by atoms with Crippen LogP contribution in [0.1, 0.15) is 58.8 Å². The molecule has 0 spiro atoms. The van der Waals surface area contributed by atoms with Crippen LogP contribution in [-0.2, 0) is 52.4 Å². The number of hydrogen-bond acceptors (Lipinski definition) is 2. The van der Waals surface area contributed by atoms with Gasteiger partial charge in [-0.15, -0.1) is 40.4 Å². The molecule has 50 heavy (non-hydrogen) atoms. The van der Waals surface area contributed by atoms with Gasteiger partial charge in [-0.2, -0.15) is 0 Å². The van der Waals surface area contributed by atoms with E-state index in [-0.39, 0.29) is 74.7 Å². The van der Waals surface area contributed by atoms with E-state index in [1.54, 1.807) is 0 Å². The molecule has 2 rings (SSSR count). The van der Waals surface area contributed by atoms with Crippen LogP contribution in [0.15, 0.2) is 9.49 Å². The van der Waals surface area contributed by atoms with Gasteiger partial charge < -0.3 is 57.1 Å². The molecule has 0 heterocycles. The van der Waals surface area contributed by atoms with Crippen molar-refractivity contribution in [3.8, 4) is 0 Å². The molecule has 0 atom stereocenters. The largest absolute Gasteiger partial charge is 4.00 e. The Morgan fingerprint density at radius 1 is 0.420 bits per heavy atom. The summed E-state index contributed by atoms with van der Waals surface area (Å²) in [4.78, 5) is 0. The minimum atomic E-state index is -0.861. The minimum Gasteiger partial charge on any atom is -0.358 e. The summed E-state index contributed by atoms with van der Waals surface area (Å²) in [6.07, 6.45) is 11.6. The zero-order chi connectivity index (χ0) is 37.7. The van der Waals surface area contributed by atoms with E-state index < -0.39 is 54.5 Å². The van der Waals surface area contributed by atoms with Gasteiger partial charge in [0, 0.05) is 14.1 Å². The third kappa shape index (κ3) is 104. The van der Waals surface area contributed by atoms with Gasteiger partial charge in [0.05, 0.1) is 0 Å². The van der Waals surface area contributed by atoms with Crippen molar-refractivity contribution in [3.05, 3.63) is 47.6 Å². The molecular weight excluding hydrogens is 881 g/mol. The van der Waals surface area contributed by atoms with Crippen LogP contribution in [0.25, 0.3) is 0 Å². The van der Waals surface area contributed by atoms with Gasteiger partial charge in [0.15, 0.2) is 0 Å². The Bertz CT molecular complexity index is 661. The SMILES string of the molecule is C.CN=P(C)(C)C1CCCC1.CN=P(C)(C)C1CCCC1.[CH2-][Si](C)(C)C.[CH2-][Si](C)(C)C.[CH2-][Si](C)(C)C.[CH2-][Si](C)(C)C.[CH2-][Si](C)(C)C.[CH3-].[CH3-].[Zr+3].[Zr+4]. The Labute approximate surface area is 369 Å². The molecule has 2 saturated carbocycles. The van der Waals surface area contributed by atoms with E-state index >= 15 is 0 Å². The minimum absolute atomic E-state index is 0. The van der Waals surface area contributed by atoms with Crippen molar-refractivity contribution in [1.29, 1.82) is 0 Å². The van der Waals surface area contributed by atoms with E-state index in [1.807, 2.05) is 14.1 Å².